The largest absolute Gasteiger partial charge is 0.457 e. The van der Waals surface area contributed by atoms with Gasteiger partial charge >= 0.3 is 12.0 Å². The van der Waals surface area contributed by atoms with Crippen LogP contribution in [0.1, 0.15) is 23.9 Å². The highest BCUT2D eigenvalue weighted by Gasteiger charge is 2.20. The fourth-order valence-corrected chi connectivity index (χ4v) is 3.22. The molecule has 3 aromatic carbocycles. The number of carbonyl (C=O) groups is 2. The number of hydrogen-bond acceptors (Lipinski definition) is 7. The van der Waals surface area contributed by atoms with Gasteiger partial charge in [-0.2, -0.15) is 0 Å². The van der Waals surface area contributed by atoms with Crippen LogP contribution < -0.4 is 15.8 Å². The first kappa shape index (κ1) is 22.5. The monoisotopic (exact) mass is 458 g/mol. The van der Waals surface area contributed by atoms with Gasteiger partial charge in [-0.1, -0.05) is 48.5 Å². The molecule has 0 radical (unpaired) electrons. The van der Waals surface area contributed by atoms with Crippen molar-refractivity contribution in [3.05, 3.63) is 96.4 Å². The van der Waals surface area contributed by atoms with Gasteiger partial charge < -0.3 is 24.9 Å². The number of nitrogens with zero attached hydrogens (tertiary/aromatic N) is 2. The van der Waals surface area contributed by atoms with Gasteiger partial charge in [-0.15, -0.1) is 10.2 Å². The smallest absolute Gasteiger partial charge is 0.312 e. The van der Waals surface area contributed by atoms with Crippen molar-refractivity contribution in [3.8, 4) is 23.0 Å². The summed E-state index contributed by atoms with van der Waals surface area (Å²) in [7, 11) is 0. The summed E-state index contributed by atoms with van der Waals surface area (Å²) in [5, 5.41) is 10.4. The third-order valence-electron chi connectivity index (χ3n) is 4.77. The molecule has 1 atom stereocenters. The van der Waals surface area contributed by atoms with Crippen molar-refractivity contribution in [1.82, 2.24) is 15.5 Å². The molecule has 0 aliphatic heterocycles. The average Bonchev–Trinajstić information content (AvgIpc) is 3.33. The van der Waals surface area contributed by atoms with Crippen LogP contribution in [0.5, 0.6) is 11.5 Å². The van der Waals surface area contributed by atoms with Crippen molar-refractivity contribution in [3.63, 3.8) is 0 Å². The lowest BCUT2D eigenvalue weighted by atomic mass is 10.0. The lowest BCUT2D eigenvalue weighted by Gasteiger charge is -2.18. The molecule has 2 amide bonds. The predicted octanol–water partition coefficient (Wildman–Crippen LogP) is 4.37. The number of carbonyl (C=O) groups excluding carboxylic acids is 2. The summed E-state index contributed by atoms with van der Waals surface area (Å²) in [4.78, 5) is 24.1. The molecule has 0 bridgehead atoms. The number of amides is 2. The van der Waals surface area contributed by atoms with E-state index in [2.05, 4.69) is 15.5 Å². The normalized spacial score (nSPS) is 11.4. The molecule has 1 heterocycles. The molecule has 4 aromatic rings. The molecule has 0 spiro atoms. The predicted molar refractivity (Wildman–Crippen MR) is 123 cm³/mol. The molecule has 0 fully saturated rings. The van der Waals surface area contributed by atoms with Crippen LogP contribution in [-0.4, -0.2) is 22.2 Å². The fraction of sp³-hybridized carbons (Fsp3) is 0.120. The van der Waals surface area contributed by atoms with Crippen LogP contribution in [0.3, 0.4) is 0 Å². The minimum Gasteiger partial charge on any atom is -0.457 e. The van der Waals surface area contributed by atoms with Crippen molar-refractivity contribution in [2.24, 2.45) is 5.73 Å². The summed E-state index contributed by atoms with van der Waals surface area (Å²) in [5.41, 5.74) is 6.72. The van der Waals surface area contributed by atoms with Gasteiger partial charge in [0.2, 0.25) is 5.89 Å². The van der Waals surface area contributed by atoms with E-state index in [9.17, 15) is 9.59 Å². The molecule has 0 saturated carbocycles. The van der Waals surface area contributed by atoms with Crippen LogP contribution in [0.25, 0.3) is 11.5 Å². The molecule has 0 aliphatic rings. The highest BCUT2D eigenvalue weighted by atomic mass is 16.5. The molecule has 1 aromatic heterocycles. The van der Waals surface area contributed by atoms with Crippen molar-refractivity contribution < 1.29 is 23.5 Å². The van der Waals surface area contributed by atoms with Crippen molar-refractivity contribution in [1.29, 1.82) is 0 Å². The number of rotatable bonds is 9. The van der Waals surface area contributed by atoms with Gasteiger partial charge in [0.25, 0.3) is 5.89 Å². The topological polar surface area (TPSA) is 130 Å². The fourth-order valence-electron chi connectivity index (χ4n) is 3.22. The van der Waals surface area contributed by atoms with Gasteiger partial charge in [0.1, 0.15) is 11.5 Å². The first-order chi connectivity index (χ1) is 16.6. The second-order valence-electron chi connectivity index (χ2n) is 7.28. The third kappa shape index (κ3) is 6.19. The van der Waals surface area contributed by atoms with Gasteiger partial charge in [0, 0.05) is 5.56 Å². The molecule has 9 heteroatoms. The van der Waals surface area contributed by atoms with E-state index in [0.29, 0.717) is 23.0 Å². The number of nitrogens with two attached hydrogens (primary N) is 1. The van der Waals surface area contributed by atoms with E-state index in [1.807, 2.05) is 60.7 Å². The zero-order valence-corrected chi connectivity index (χ0v) is 18.1. The Kier molecular flexibility index (Phi) is 7.14. The van der Waals surface area contributed by atoms with E-state index in [1.165, 1.54) is 0 Å². The summed E-state index contributed by atoms with van der Waals surface area (Å²) in [6, 6.07) is 24.0. The van der Waals surface area contributed by atoms with Crippen LogP contribution in [0, 0.1) is 0 Å². The maximum Gasteiger partial charge on any atom is 0.312 e. The first-order valence-corrected chi connectivity index (χ1v) is 10.5. The Morgan fingerprint density at radius 1 is 0.912 bits per heavy atom. The van der Waals surface area contributed by atoms with Gasteiger partial charge in [0.15, 0.2) is 6.61 Å². The maximum atomic E-state index is 12.5. The average molecular weight is 458 g/mol. The lowest BCUT2D eigenvalue weighted by Crippen LogP contribution is -2.34. The van der Waals surface area contributed by atoms with Crippen LogP contribution >= 0.6 is 0 Å². The van der Waals surface area contributed by atoms with Crippen LogP contribution in [-0.2, 0) is 16.1 Å². The SMILES string of the molecule is NC(=O)N[C@@H](CC(=O)OCc1nnc(-c2ccccc2)o1)c1cccc(Oc2ccccc2)c1. The second-order valence-corrected chi connectivity index (χ2v) is 7.28. The number of ether oxygens (including phenoxy) is 2. The Bertz CT molecular complexity index is 1240. The molecule has 4 rings (SSSR count). The molecular formula is C25H22N4O5. The summed E-state index contributed by atoms with van der Waals surface area (Å²) in [6.07, 6.45) is -0.155. The highest BCUT2D eigenvalue weighted by molar-refractivity contribution is 5.75. The molecule has 0 unspecified atom stereocenters. The summed E-state index contributed by atoms with van der Waals surface area (Å²) >= 11 is 0. The Balaban J connectivity index is 1.39. The Hall–Kier alpha value is -4.66. The number of primary amides is 1. The van der Waals surface area contributed by atoms with Crippen LogP contribution in [0.2, 0.25) is 0 Å². The van der Waals surface area contributed by atoms with Crippen LogP contribution in [0.4, 0.5) is 4.79 Å². The number of esters is 1. The van der Waals surface area contributed by atoms with E-state index >= 15 is 0 Å². The summed E-state index contributed by atoms with van der Waals surface area (Å²) < 4.78 is 16.7. The quantitative estimate of drug-likeness (QED) is 0.356. The van der Waals surface area contributed by atoms with Gasteiger partial charge in [-0.3, -0.25) is 4.79 Å². The van der Waals surface area contributed by atoms with E-state index in [4.69, 9.17) is 19.6 Å². The molecular weight excluding hydrogens is 436 g/mol. The summed E-state index contributed by atoms with van der Waals surface area (Å²) in [5.74, 6) is 1.12. The van der Waals surface area contributed by atoms with Crippen molar-refractivity contribution in [2.45, 2.75) is 19.1 Å². The van der Waals surface area contributed by atoms with Crippen LogP contribution in [0.15, 0.2) is 89.3 Å². The minimum absolute atomic E-state index is 0.155. The summed E-state index contributed by atoms with van der Waals surface area (Å²) in [6.45, 7) is -0.195. The van der Waals surface area contributed by atoms with Gasteiger partial charge in [-0.25, -0.2) is 4.79 Å². The number of hydrogen-bond donors (Lipinski definition) is 2. The second kappa shape index (κ2) is 10.8. The zero-order valence-electron chi connectivity index (χ0n) is 18.1. The highest BCUT2D eigenvalue weighted by Crippen LogP contribution is 2.26. The number of benzene rings is 3. The van der Waals surface area contributed by atoms with Crippen molar-refractivity contribution in [2.75, 3.05) is 0 Å². The van der Waals surface area contributed by atoms with Crippen molar-refractivity contribution >= 4 is 12.0 Å². The van der Waals surface area contributed by atoms with E-state index in [0.717, 1.165) is 5.56 Å². The standard InChI is InChI=1S/C25H22N4O5/c26-25(31)27-21(18-10-7-13-20(14-18)33-19-11-5-2-6-12-19)15-23(30)32-16-22-28-29-24(34-22)17-8-3-1-4-9-17/h1-14,21H,15-16H2,(H3,26,27,31)/t21-/m0/s1. The molecule has 3 N–H and O–H groups in total. The van der Waals surface area contributed by atoms with Gasteiger partial charge in [-0.05, 0) is 42.0 Å². The molecule has 9 nitrogen and oxygen atoms in total. The maximum absolute atomic E-state index is 12.5. The zero-order chi connectivity index (χ0) is 23.8. The molecule has 172 valence electrons. The van der Waals surface area contributed by atoms with E-state index < -0.39 is 18.0 Å². The molecule has 0 saturated heterocycles. The van der Waals surface area contributed by atoms with E-state index in [-0.39, 0.29) is 18.9 Å². The first-order valence-electron chi connectivity index (χ1n) is 10.5. The Morgan fingerprint density at radius 2 is 1.62 bits per heavy atom. The Labute approximate surface area is 195 Å². The lowest BCUT2D eigenvalue weighted by molar-refractivity contribution is -0.146. The minimum atomic E-state index is -0.767. The third-order valence-corrected chi connectivity index (χ3v) is 4.77. The van der Waals surface area contributed by atoms with E-state index in [1.54, 1.807) is 24.3 Å². The number of aromatic nitrogens is 2. The molecule has 0 aliphatic carbocycles. The number of nitrogens with one attached hydrogen (secondary N) is 1. The van der Waals surface area contributed by atoms with Gasteiger partial charge in [0.05, 0.1) is 12.5 Å². The number of urea groups is 1. The molecule has 34 heavy (non-hydrogen) atoms. The number of para-hydroxylation sites is 1. The Morgan fingerprint density at radius 3 is 2.35 bits per heavy atom.